The van der Waals surface area contributed by atoms with Crippen LogP contribution in [0.25, 0.3) is 0 Å². The van der Waals surface area contributed by atoms with Gasteiger partial charge in [0.1, 0.15) is 48.0 Å². The van der Waals surface area contributed by atoms with Crippen LogP contribution in [0.3, 0.4) is 0 Å². The van der Waals surface area contributed by atoms with Crippen LogP contribution in [-0.2, 0) is 52.7 Å². The van der Waals surface area contributed by atoms with Crippen molar-refractivity contribution in [1.29, 1.82) is 0 Å². The molecule has 0 unspecified atom stereocenters. The van der Waals surface area contributed by atoms with Crippen LogP contribution in [0.2, 0.25) is 0 Å². The maximum Gasteiger partial charge on any atom is 0.246 e. The predicted octanol–water partition coefficient (Wildman–Crippen LogP) is -0.518. The summed E-state index contributed by atoms with van der Waals surface area (Å²) in [6.07, 6.45) is 0.0260. The molecule has 410 valence electrons. The molecule has 11 amide bonds. The van der Waals surface area contributed by atoms with Gasteiger partial charge < -0.3 is 63.6 Å². The number of methoxy groups -OCH3 is 1. The van der Waals surface area contributed by atoms with Crippen molar-refractivity contribution in [2.45, 2.75) is 166 Å². The number of nitrogens with one attached hydrogen (secondary N) is 8. The van der Waals surface area contributed by atoms with E-state index in [0.717, 1.165) is 27.5 Å². The summed E-state index contributed by atoms with van der Waals surface area (Å²) in [6, 6.07) is -5.86. The molecule has 1 aromatic carbocycles. The molecule has 12 N–H and O–H groups in total. The first-order chi connectivity index (χ1) is 34.9. The molecule has 0 radical (unpaired) electrons. The summed E-state index contributed by atoms with van der Waals surface area (Å²) in [6.45, 7) is 12.3. The molecule has 0 aromatic heterocycles. The molecule has 9 atom stereocenters. The Kier molecular flexibility index (Phi) is 22.8. The number of amides is 11. The molecule has 74 heavy (non-hydrogen) atoms. The van der Waals surface area contributed by atoms with Gasteiger partial charge in [0.2, 0.25) is 65.0 Å². The van der Waals surface area contributed by atoms with E-state index in [4.69, 9.17) is 16.2 Å². The van der Waals surface area contributed by atoms with Crippen molar-refractivity contribution in [1.82, 2.24) is 47.4 Å². The van der Waals surface area contributed by atoms with Crippen LogP contribution in [0.1, 0.15) is 121 Å². The van der Waals surface area contributed by atoms with Gasteiger partial charge in [-0.2, -0.15) is 0 Å². The summed E-state index contributed by atoms with van der Waals surface area (Å²) in [7, 11) is 3.88. The van der Waals surface area contributed by atoms with Crippen molar-refractivity contribution >= 4 is 86.6 Å². The summed E-state index contributed by atoms with van der Waals surface area (Å²) in [5.41, 5.74) is 13.2. The van der Waals surface area contributed by atoms with Gasteiger partial charge in [0.05, 0.1) is 20.1 Å². The second kappa shape index (κ2) is 28.0. The Labute approximate surface area is 439 Å². The fourth-order valence-corrected chi connectivity index (χ4v) is 12.0. The van der Waals surface area contributed by atoms with Crippen molar-refractivity contribution in [3.63, 3.8) is 0 Å². The van der Waals surface area contributed by atoms with Crippen LogP contribution in [-0.4, -0.2) is 149 Å². The van der Waals surface area contributed by atoms with Gasteiger partial charge in [0.15, 0.2) is 0 Å². The largest absolute Gasteiger partial charge is 0.497 e. The molecule has 1 aromatic rings. The zero-order valence-corrected chi connectivity index (χ0v) is 45.2. The molecule has 23 nitrogen and oxygen atoms in total. The lowest BCUT2D eigenvalue weighted by atomic mass is 9.85. The van der Waals surface area contributed by atoms with E-state index in [2.05, 4.69) is 42.5 Å². The minimum Gasteiger partial charge on any atom is -0.497 e. The third kappa shape index (κ3) is 17.5. The molecule has 4 rings (SSSR count). The second-order valence-electron chi connectivity index (χ2n) is 19.9. The number of nitrogens with zero attached hydrogens (tertiary/aromatic N) is 1. The molecule has 3 heterocycles. The van der Waals surface area contributed by atoms with Gasteiger partial charge in [-0.05, 0) is 101 Å². The summed E-state index contributed by atoms with van der Waals surface area (Å²) in [5, 5.41) is 21.5. The van der Waals surface area contributed by atoms with Gasteiger partial charge in [-0.15, -0.1) is 0 Å². The number of nitrogens with two attached hydrogens (primary N) is 2. The highest BCUT2D eigenvalue weighted by molar-refractivity contribution is 8.77. The normalized spacial score (nSPS) is 26.4. The molecular weight excluding hydrogens is 999 g/mol. The van der Waals surface area contributed by atoms with Crippen molar-refractivity contribution in [3.8, 4) is 5.75 Å². The van der Waals surface area contributed by atoms with Gasteiger partial charge in [0.25, 0.3) is 0 Å². The Bertz CT molecular complexity index is 2260. The number of fused-ring (bicyclic) bond motifs is 7. The third-order valence-electron chi connectivity index (χ3n) is 13.4. The minimum atomic E-state index is -1.71. The molecule has 0 saturated carbocycles. The maximum absolute atomic E-state index is 14.7. The molecule has 3 saturated heterocycles. The predicted molar refractivity (Wildman–Crippen MR) is 278 cm³/mol. The molecule has 3 aliphatic rings. The molecule has 3 fully saturated rings. The van der Waals surface area contributed by atoms with Gasteiger partial charge in [-0.1, -0.05) is 48.8 Å². The first-order valence-corrected chi connectivity index (χ1v) is 27.4. The number of carbonyl (C=O) groups excluding carboxylic acids is 11. The number of primary amides is 2. The van der Waals surface area contributed by atoms with Crippen molar-refractivity contribution in [2.75, 3.05) is 32.5 Å². The Hall–Kier alpha value is -6.11. The van der Waals surface area contributed by atoms with Gasteiger partial charge >= 0.3 is 0 Å². The highest BCUT2D eigenvalue weighted by atomic mass is 33.1. The first kappa shape index (κ1) is 60.4. The van der Waals surface area contributed by atoms with Gasteiger partial charge in [0, 0.05) is 42.3 Å². The second-order valence-corrected chi connectivity index (χ2v) is 22.9. The monoisotopic (exact) mass is 1070 g/mol. The summed E-state index contributed by atoms with van der Waals surface area (Å²) in [5.74, 6) is -9.25. The van der Waals surface area contributed by atoms with Gasteiger partial charge in [-0.3, -0.25) is 52.7 Å². The lowest BCUT2D eigenvalue weighted by Crippen LogP contribution is -2.61. The number of benzene rings is 1. The van der Waals surface area contributed by atoms with E-state index in [0.29, 0.717) is 31.4 Å². The number of rotatable bonds is 10. The Morgan fingerprint density at radius 2 is 1.45 bits per heavy atom. The van der Waals surface area contributed by atoms with Gasteiger partial charge in [-0.25, -0.2) is 0 Å². The summed E-state index contributed by atoms with van der Waals surface area (Å²) in [4.78, 5) is 153. The number of ether oxygens (including phenoxy) is 1. The fourth-order valence-electron chi connectivity index (χ4n) is 9.27. The number of aryl methyl sites for hydroxylation is 2. The Morgan fingerprint density at radius 3 is 2.08 bits per heavy atom. The van der Waals surface area contributed by atoms with Crippen LogP contribution in [0.4, 0.5) is 0 Å². The van der Waals surface area contributed by atoms with Crippen molar-refractivity contribution in [2.24, 2.45) is 17.4 Å². The molecule has 3 aliphatic heterocycles. The van der Waals surface area contributed by atoms with Crippen molar-refractivity contribution < 1.29 is 57.5 Å². The molecule has 0 spiro atoms. The van der Waals surface area contributed by atoms with Crippen molar-refractivity contribution in [3.05, 3.63) is 28.8 Å². The average molecular weight is 1070 g/mol. The molecule has 2 bridgehead atoms. The van der Waals surface area contributed by atoms with E-state index in [9.17, 15) is 52.7 Å². The zero-order chi connectivity index (χ0) is 55.0. The number of hydrogen-bond donors (Lipinski definition) is 10. The lowest BCUT2D eigenvalue weighted by Gasteiger charge is -2.33. The van der Waals surface area contributed by atoms with E-state index < -0.39 is 137 Å². The standard InChI is InChI=1S/C49H75N11O12S2/c1-9-25(2)40-46(69)55-31-15-16-37(63)52-17-11-10-13-30(42(65)53-23-36(51)62)54-45(68)34-14-12-18-60(34)48(71)33(57-44(67)32(21-35(50)61)56-43(31)66)24-73-74-49(6,7)22-38(64)58-41(47(70)59-40)28(5)39-26(3)19-29(72-8)20-27(39)4/h19-20,25,28,30-34,40-41H,9-18,21-24H2,1-8H3,(H2,50,61)(H2,51,62)(H,52,63)(H,53,65)(H,54,68)(H,55,69)(H,56,66)(H,57,67)(H,58,64)(H,59,70)/t25-,28-,30-,31-,32+,33+,34-,40-,41-/m0/s1. The molecule has 25 heteroatoms. The van der Waals surface area contributed by atoms with E-state index in [1.807, 2.05) is 26.0 Å². The van der Waals surface area contributed by atoms with E-state index in [1.165, 1.54) is 22.8 Å². The quantitative estimate of drug-likeness (QED) is 0.132. The smallest absolute Gasteiger partial charge is 0.246 e. The maximum atomic E-state index is 14.7. The number of hydrogen-bond acceptors (Lipinski definition) is 14. The summed E-state index contributed by atoms with van der Waals surface area (Å²) < 4.78 is 4.59. The number of carbonyl (C=O) groups is 11. The average Bonchev–Trinajstić information content (AvgIpc) is 3.83. The zero-order valence-electron chi connectivity index (χ0n) is 43.6. The molecule has 0 aliphatic carbocycles. The Morgan fingerprint density at radius 1 is 0.784 bits per heavy atom. The third-order valence-corrected chi connectivity index (χ3v) is 16.7. The highest BCUT2D eigenvalue weighted by Gasteiger charge is 2.42. The highest BCUT2D eigenvalue weighted by Crippen LogP contribution is 2.39. The van der Waals surface area contributed by atoms with Crippen LogP contribution in [0, 0.1) is 19.8 Å². The first-order valence-electron chi connectivity index (χ1n) is 25.0. The van der Waals surface area contributed by atoms with E-state index in [-0.39, 0.29) is 50.9 Å². The van der Waals surface area contributed by atoms with Crippen LogP contribution in [0.5, 0.6) is 5.75 Å². The van der Waals surface area contributed by atoms with E-state index in [1.54, 1.807) is 34.6 Å². The summed E-state index contributed by atoms with van der Waals surface area (Å²) >= 11 is 0. The SMILES string of the molecule is CC[C@H](C)[C@@H]1NC(=O)[C@H]([C@@H](C)c2c(C)cc(OC)cc2C)NC(=O)CC(C)(C)SSC[C@H]2NC(=O)[C@@H](CC(N)=O)NC(=O)[C@H](CCC(=O)NCCCC[C@@H](C(=O)NCC(N)=O)NC(=O)[C@@H]3CCCN3C2=O)NC1=O. The fraction of sp³-hybridized carbons (Fsp3) is 0.653. The van der Waals surface area contributed by atoms with E-state index >= 15 is 0 Å². The van der Waals surface area contributed by atoms with Crippen LogP contribution >= 0.6 is 21.6 Å². The topological polar surface area (TPSA) is 349 Å². The lowest BCUT2D eigenvalue weighted by molar-refractivity contribution is -0.142. The van der Waals surface area contributed by atoms with Crippen LogP contribution in [0.15, 0.2) is 12.1 Å². The van der Waals surface area contributed by atoms with Crippen LogP contribution < -0.4 is 58.7 Å². The molecular formula is C49H75N11O12S2. The Balaban J connectivity index is 1.86. The minimum absolute atomic E-state index is 0.0665.